The molecule has 0 atom stereocenters. The summed E-state index contributed by atoms with van der Waals surface area (Å²) in [4.78, 5) is 27.0. The highest BCUT2D eigenvalue weighted by Crippen LogP contribution is 2.31. The predicted molar refractivity (Wildman–Crippen MR) is 126 cm³/mol. The largest absolute Gasteiger partial charge is 0.383 e. The SMILES string of the molecule is COCCN1CCN(C(=O)c2cnn(-c3ncc4c(n3)-c3ccccc3CCC4)c2C)CC1. The number of aryl methyl sites for hydroxylation is 2. The molecule has 8 heteroatoms. The number of piperazine rings is 1. The van der Waals surface area contributed by atoms with E-state index in [4.69, 9.17) is 9.72 Å². The molecular weight excluding hydrogens is 416 g/mol. The number of carbonyl (C=O) groups is 1. The fraction of sp³-hybridized carbons (Fsp3) is 0.440. The van der Waals surface area contributed by atoms with Crippen molar-refractivity contribution in [3.63, 3.8) is 0 Å². The summed E-state index contributed by atoms with van der Waals surface area (Å²) in [7, 11) is 1.72. The van der Waals surface area contributed by atoms with Gasteiger partial charge in [0.1, 0.15) is 0 Å². The second kappa shape index (κ2) is 9.41. The summed E-state index contributed by atoms with van der Waals surface area (Å²) in [6.45, 7) is 6.65. The highest BCUT2D eigenvalue weighted by molar-refractivity contribution is 5.95. The third-order valence-corrected chi connectivity index (χ3v) is 6.72. The van der Waals surface area contributed by atoms with Crippen molar-refractivity contribution < 1.29 is 9.53 Å². The van der Waals surface area contributed by atoms with Crippen LogP contribution < -0.4 is 0 Å². The zero-order chi connectivity index (χ0) is 22.8. The molecule has 3 aromatic rings. The molecule has 0 bridgehead atoms. The minimum absolute atomic E-state index is 0.0187. The first kappa shape index (κ1) is 21.7. The molecular formula is C25H30N6O2. The summed E-state index contributed by atoms with van der Waals surface area (Å²) in [6, 6.07) is 8.45. The first-order chi connectivity index (χ1) is 16.2. The van der Waals surface area contributed by atoms with Crippen molar-refractivity contribution in [2.75, 3.05) is 46.4 Å². The molecule has 0 unspecified atom stereocenters. The zero-order valence-corrected chi connectivity index (χ0v) is 19.3. The molecule has 0 saturated carbocycles. The van der Waals surface area contributed by atoms with Gasteiger partial charge in [-0.1, -0.05) is 24.3 Å². The van der Waals surface area contributed by atoms with Gasteiger partial charge in [0.05, 0.1) is 29.8 Å². The zero-order valence-electron chi connectivity index (χ0n) is 19.3. The van der Waals surface area contributed by atoms with Crippen molar-refractivity contribution in [3.05, 3.63) is 59.0 Å². The smallest absolute Gasteiger partial charge is 0.257 e. The van der Waals surface area contributed by atoms with Crippen LogP contribution in [0.2, 0.25) is 0 Å². The van der Waals surface area contributed by atoms with Crippen LogP contribution in [0.25, 0.3) is 17.2 Å². The van der Waals surface area contributed by atoms with E-state index in [1.54, 1.807) is 18.0 Å². The molecule has 5 rings (SSSR count). The van der Waals surface area contributed by atoms with E-state index in [1.807, 2.05) is 18.0 Å². The molecule has 8 nitrogen and oxygen atoms in total. The summed E-state index contributed by atoms with van der Waals surface area (Å²) in [5.74, 6) is 0.525. The van der Waals surface area contributed by atoms with Crippen LogP contribution in [0, 0.1) is 6.92 Å². The molecule has 1 fully saturated rings. The maximum atomic E-state index is 13.2. The Morgan fingerprint density at radius 3 is 2.67 bits per heavy atom. The molecule has 172 valence electrons. The van der Waals surface area contributed by atoms with E-state index in [-0.39, 0.29) is 5.91 Å². The minimum Gasteiger partial charge on any atom is -0.383 e. The second-order valence-electron chi connectivity index (χ2n) is 8.74. The molecule has 2 aliphatic rings. The van der Waals surface area contributed by atoms with Gasteiger partial charge >= 0.3 is 0 Å². The minimum atomic E-state index is 0.0187. The van der Waals surface area contributed by atoms with E-state index in [1.165, 1.54) is 11.1 Å². The van der Waals surface area contributed by atoms with Gasteiger partial charge in [0.2, 0.25) is 0 Å². The first-order valence-electron chi connectivity index (χ1n) is 11.7. The number of aromatic nitrogens is 4. The van der Waals surface area contributed by atoms with Gasteiger partial charge in [-0.05, 0) is 37.3 Å². The lowest BCUT2D eigenvalue weighted by atomic mass is 10.0. The average Bonchev–Trinajstić information content (AvgIpc) is 3.13. The Morgan fingerprint density at radius 2 is 1.85 bits per heavy atom. The number of fused-ring (bicyclic) bond motifs is 3. The number of methoxy groups -OCH3 is 1. The Bertz CT molecular complexity index is 1150. The third kappa shape index (κ3) is 4.28. The van der Waals surface area contributed by atoms with Crippen molar-refractivity contribution in [1.29, 1.82) is 0 Å². The molecule has 33 heavy (non-hydrogen) atoms. The van der Waals surface area contributed by atoms with Crippen LogP contribution in [0.5, 0.6) is 0 Å². The number of hydrogen-bond acceptors (Lipinski definition) is 6. The van der Waals surface area contributed by atoms with Crippen LogP contribution in [-0.4, -0.2) is 81.9 Å². The maximum Gasteiger partial charge on any atom is 0.257 e. The monoisotopic (exact) mass is 446 g/mol. The van der Waals surface area contributed by atoms with Gasteiger partial charge in [0, 0.05) is 51.6 Å². The Labute approximate surface area is 194 Å². The lowest BCUT2D eigenvalue weighted by Crippen LogP contribution is -2.49. The summed E-state index contributed by atoms with van der Waals surface area (Å²) in [6.07, 6.45) is 6.66. The highest BCUT2D eigenvalue weighted by atomic mass is 16.5. The topological polar surface area (TPSA) is 76.4 Å². The molecule has 1 aliphatic heterocycles. The van der Waals surface area contributed by atoms with E-state index in [2.05, 4.69) is 39.2 Å². The average molecular weight is 447 g/mol. The van der Waals surface area contributed by atoms with Gasteiger partial charge in [-0.3, -0.25) is 9.69 Å². The number of benzene rings is 1. The molecule has 2 aromatic heterocycles. The van der Waals surface area contributed by atoms with Crippen molar-refractivity contribution in [2.45, 2.75) is 26.2 Å². The summed E-state index contributed by atoms with van der Waals surface area (Å²) < 4.78 is 6.85. The van der Waals surface area contributed by atoms with Gasteiger partial charge in [-0.25, -0.2) is 14.6 Å². The van der Waals surface area contributed by atoms with Gasteiger partial charge < -0.3 is 9.64 Å². The number of nitrogens with zero attached hydrogens (tertiary/aromatic N) is 6. The van der Waals surface area contributed by atoms with Gasteiger partial charge in [0.25, 0.3) is 11.9 Å². The standard InChI is InChI=1S/C25H30N6O2/c1-18-22(24(32)30-12-10-29(11-13-30)14-15-33-2)17-27-31(18)25-26-16-20-8-5-7-19-6-3-4-9-21(19)23(20)28-25/h3-4,6,9,16-17H,5,7-8,10-15H2,1-2H3. The van der Waals surface area contributed by atoms with Crippen molar-refractivity contribution in [3.8, 4) is 17.2 Å². The van der Waals surface area contributed by atoms with E-state index < -0.39 is 0 Å². The quantitative estimate of drug-likeness (QED) is 0.600. The number of amides is 1. The summed E-state index contributed by atoms with van der Waals surface area (Å²) >= 11 is 0. The molecule has 0 N–H and O–H groups in total. The van der Waals surface area contributed by atoms with Crippen LogP contribution in [-0.2, 0) is 17.6 Å². The maximum absolute atomic E-state index is 13.2. The first-order valence-corrected chi connectivity index (χ1v) is 11.7. The molecule has 1 aliphatic carbocycles. The lowest BCUT2D eigenvalue weighted by Gasteiger charge is -2.34. The Hall–Kier alpha value is -3.10. The molecule has 1 aromatic carbocycles. The Kier molecular flexibility index (Phi) is 6.20. The Morgan fingerprint density at radius 1 is 1.06 bits per heavy atom. The molecule has 1 saturated heterocycles. The fourth-order valence-corrected chi connectivity index (χ4v) is 4.74. The van der Waals surface area contributed by atoms with E-state index in [0.29, 0.717) is 31.2 Å². The number of rotatable bonds is 5. The number of ether oxygens (including phenoxy) is 1. The molecule has 0 radical (unpaired) electrons. The van der Waals surface area contributed by atoms with Crippen LogP contribution in [0.1, 0.15) is 33.6 Å². The van der Waals surface area contributed by atoms with Gasteiger partial charge in [-0.15, -0.1) is 0 Å². The third-order valence-electron chi connectivity index (χ3n) is 6.72. The summed E-state index contributed by atoms with van der Waals surface area (Å²) in [5, 5.41) is 4.50. The van der Waals surface area contributed by atoms with Gasteiger partial charge in [0.15, 0.2) is 0 Å². The van der Waals surface area contributed by atoms with Crippen LogP contribution in [0.15, 0.2) is 36.7 Å². The van der Waals surface area contributed by atoms with Crippen molar-refractivity contribution >= 4 is 5.91 Å². The highest BCUT2D eigenvalue weighted by Gasteiger charge is 2.26. The van der Waals surface area contributed by atoms with Crippen LogP contribution in [0.3, 0.4) is 0 Å². The predicted octanol–water partition coefficient (Wildman–Crippen LogP) is 2.53. The summed E-state index contributed by atoms with van der Waals surface area (Å²) in [5.41, 5.74) is 6.00. The second-order valence-corrected chi connectivity index (χ2v) is 8.74. The number of hydrogen-bond donors (Lipinski definition) is 0. The van der Waals surface area contributed by atoms with Crippen molar-refractivity contribution in [1.82, 2.24) is 29.5 Å². The fourth-order valence-electron chi connectivity index (χ4n) is 4.74. The lowest BCUT2D eigenvalue weighted by molar-refractivity contribution is 0.0593. The van der Waals surface area contributed by atoms with Gasteiger partial charge in [-0.2, -0.15) is 5.10 Å². The molecule has 0 spiro atoms. The van der Waals surface area contributed by atoms with E-state index in [9.17, 15) is 4.79 Å². The van der Waals surface area contributed by atoms with Crippen LogP contribution in [0.4, 0.5) is 0 Å². The number of carbonyl (C=O) groups excluding carboxylic acids is 1. The van der Waals surface area contributed by atoms with E-state index >= 15 is 0 Å². The molecule has 3 heterocycles. The molecule has 1 amide bonds. The van der Waals surface area contributed by atoms with Crippen molar-refractivity contribution in [2.24, 2.45) is 0 Å². The van der Waals surface area contributed by atoms with E-state index in [0.717, 1.165) is 55.8 Å². The normalized spacial score (nSPS) is 16.2. The van der Waals surface area contributed by atoms with Crippen LogP contribution >= 0.6 is 0 Å². The Balaban J connectivity index is 1.38.